The standard InChI is InChI=1S/C27H36N2O3.C19H24N2O3.C15H17NO4.C13H20N2O.C11H14O2.C7H15BO2.C7H8.CH3Br.CH4/c1-20-8-11-22(12-9-20)5-3-7-26(31)28-18-4-6-25(30)24-15-13-23(14-16-24)19-29-21(2)10-17-27(29)32;1-15-7-9-16(10-8-15)5-4-6-17(22)20-13-2-3-14-21-18(23)11-12-19(21)24;1-11-5-7-12(8-6-11)3-2-4-15(19)20-16-13(17)9-10-14(16)18;1-11-5-7-12(8-6-11)3-2-4-13(16)15-10-9-14;1-9-5-7-10(8-6-9)3-2-4-11(12)13;1-6(2)7(3,4)10-8(5)9-6;1-7-5-3-2-4-6-7;1-2;/h8-12,17,23-24H,2-7,13-16,18-19H2,1H3,(H,28,31);7-12H,2-6,13-14H2,1H3,(H,20,22);5-8H,2-4,9-10H2,1H3;5-8H,2-4,9-10,14H2,1H3,(H,15,16);5-8H,2-4H2,1H3,(H,12,13);1-5H3;2-6H,1H3;1H3;1H4. The number of nitrogens with one attached hydrogen (secondary N) is 3. The molecule has 0 bridgehead atoms. The van der Waals surface area contributed by atoms with E-state index < -0.39 is 23.8 Å². The smallest absolute Gasteiger partial charge is 0.454 e. The number of aryl methyl sites for hydroxylation is 11. The van der Waals surface area contributed by atoms with Gasteiger partial charge in [-0.25, -0.2) is 4.79 Å². The van der Waals surface area contributed by atoms with Gasteiger partial charge in [0.2, 0.25) is 17.7 Å². The summed E-state index contributed by atoms with van der Waals surface area (Å²) in [6, 6.07) is 51.8. The summed E-state index contributed by atoms with van der Waals surface area (Å²) in [4.78, 5) is 134. The Balaban J connectivity index is 0.000000391. The molecule has 6 aromatic carbocycles. The van der Waals surface area contributed by atoms with Crippen molar-refractivity contribution < 1.29 is 72.0 Å². The minimum Gasteiger partial charge on any atom is -0.481 e. The molecule has 125 heavy (non-hydrogen) atoms. The summed E-state index contributed by atoms with van der Waals surface area (Å²) in [5, 5.41) is 17.6. The number of ketones is 1. The maximum atomic E-state index is 12.5. The summed E-state index contributed by atoms with van der Waals surface area (Å²) in [5.41, 5.74) is 19.4. The molecule has 5 aliphatic rings. The van der Waals surface area contributed by atoms with E-state index in [0.29, 0.717) is 101 Å². The highest BCUT2D eigenvalue weighted by atomic mass is 79.9. The molecule has 2 saturated heterocycles. The number of amides is 8. The summed E-state index contributed by atoms with van der Waals surface area (Å²) in [7, 11) is -0.0648. The van der Waals surface area contributed by atoms with E-state index in [9.17, 15) is 52.7 Å². The molecule has 0 aromatic heterocycles. The van der Waals surface area contributed by atoms with Crippen LogP contribution in [-0.2, 0) is 99.0 Å². The molecule has 3 fully saturated rings. The van der Waals surface area contributed by atoms with Gasteiger partial charge in [0.1, 0.15) is 5.78 Å². The van der Waals surface area contributed by atoms with Gasteiger partial charge < -0.3 is 45.8 Å². The number of rotatable bonds is 35. The Hall–Kier alpha value is -10.3. The normalized spacial score (nSPS) is 15.4. The molecule has 1 saturated carbocycles. The van der Waals surface area contributed by atoms with Gasteiger partial charge in [0.05, 0.1) is 11.2 Å². The maximum Gasteiger partial charge on any atom is 0.454 e. The van der Waals surface area contributed by atoms with Gasteiger partial charge in [-0.15, -0.1) is 5.06 Å². The van der Waals surface area contributed by atoms with Gasteiger partial charge >= 0.3 is 19.1 Å². The largest absolute Gasteiger partial charge is 0.481 e. The van der Waals surface area contributed by atoms with Crippen LogP contribution in [0.2, 0.25) is 6.82 Å². The first-order chi connectivity index (χ1) is 59.2. The fourth-order valence-electron chi connectivity index (χ4n) is 13.6. The number of carboxylic acids is 1. The van der Waals surface area contributed by atoms with Crippen molar-refractivity contribution in [1.82, 2.24) is 30.8 Å². The minimum absolute atomic E-state index is 0. The molecule has 24 heteroatoms. The van der Waals surface area contributed by atoms with Crippen LogP contribution in [0.4, 0.5) is 0 Å². The SMILES string of the molecule is C.C=C1C=CC(=O)N1CC1CCC(C(=O)CCCNC(=O)CCCc2ccc(C)cc2)CC1.CB1OC(C)(C)C(C)(C)O1.CBr.Cc1ccc(CCCC(=O)NCCCCN2C(=O)C=CC2=O)cc1.Cc1ccc(CCCC(=O)NCCN)cc1.Cc1ccc(CCCC(=O)O)cc1.Cc1ccc(CCCC(=O)ON2C(=O)CCC2=O)cc1.Cc1ccccc1. The molecule has 8 amide bonds. The van der Waals surface area contributed by atoms with Crippen molar-refractivity contribution in [3.8, 4) is 0 Å². The lowest BCUT2D eigenvalue weighted by Crippen LogP contribution is -2.41. The number of aliphatic carboxylic acids is 1. The lowest BCUT2D eigenvalue weighted by molar-refractivity contribution is -0.197. The van der Waals surface area contributed by atoms with Crippen LogP contribution >= 0.6 is 15.9 Å². The Labute approximate surface area is 753 Å². The average Bonchev–Trinajstić information content (AvgIpc) is 1.64. The Morgan fingerprint density at radius 1 is 0.464 bits per heavy atom. The van der Waals surface area contributed by atoms with Crippen LogP contribution in [-0.4, -0.2) is 148 Å². The van der Waals surface area contributed by atoms with Gasteiger partial charge in [0.25, 0.3) is 29.5 Å². The van der Waals surface area contributed by atoms with Crippen molar-refractivity contribution in [2.75, 3.05) is 45.1 Å². The van der Waals surface area contributed by atoms with E-state index in [1.165, 1.54) is 72.7 Å². The minimum atomic E-state index is -0.716. The predicted octanol–water partition coefficient (Wildman–Crippen LogP) is 17.7. The zero-order valence-electron chi connectivity index (χ0n) is 75.6. The van der Waals surface area contributed by atoms with Crippen LogP contribution in [0, 0.1) is 53.4 Å². The molecule has 0 unspecified atom stereocenters. The number of carbonyl (C=O) groups is 11. The second-order valence-electron chi connectivity index (χ2n) is 32.9. The van der Waals surface area contributed by atoms with Gasteiger partial charge in [-0.05, 0) is 231 Å². The molecule has 1 aliphatic carbocycles. The molecule has 0 spiro atoms. The predicted molar refractivity (Wildman–Crippen MR) is 503 cm³/mol. The molecule has 4 aliphatic heterocycles. The highest BCUT2D eigenvalue weighted by Crippen LogP contribution is 2.37. The van der Waals surface area contributed by atoms with E-state index in [1.54, 1.807) is 17.1 Å². The van der Waals surface area contributed by atoms with Crippen molar-refractivity contribution in [2.45, 2.75) is 255 Å². The number of alkyl halides is 1. The number of imide groups is 2. The molecular formula is C101H141BBrN7O15. The number of benzene rings is 6. The third kappa shape index (κ3) is 45.5. The van der Waals surface area contributed by atoms with E-state index in [2.05, 4.69) is 203 Å². The van der Waals surface area contributed by atoms with Crippen LogP contribution in [0.3, 0.4) is 0 Å². The van der Waals surface area contributed by atoms with Crippen molar-refractivity contribution >= 4 is 88.0 Å². The summed E-state index contributed by atoms with van der Waals surface area (Å²) in [6.45, 7) is 29.7. The number of carbonyl (C=O) groups excluding carboxylic acids is 10. The van der Waals surface area contributed by atoms with Crippen molar-refractivity contribution in [2.24, 2.45) is 17.6 Å². The summed E-state index contributed by atoms with van der Waals surface area (Å²) in [6.07, 6.45) is 22.9. The second kappa shape index (κ2) is 60.4. The topological polar surface area (TPSA) is 308 Å². The van der Waals surface area contributed by atoms with Crippen molar-refractivity contribution in [3.63, 3.8) is 0 Å². The van der Waals surface area contributed by atoms with Gasteiger partial charge in [-0.2, -0.15) is 0 Å². The first-order valence-electron chi connectivity index (χ1n) is 43.8. The second-order valence-corrected chi connectivity index (χ2v) is 32.9. The molecule has 0 radical (unpaired) electrons. The number of unbranched alkanes of at least 4 members (excludes halogenated alkanes) is 1. The molecule has 0 atom stereocenters. The molecule has 11 rings (SSSR count). The van der Waals surface area contributed by atoms with Gasteiger partial charge in [-0.3, -0.25) is 52.8 Å². The van der Waals surface area contributed by atoms with E-state index in [1.807, 2.05) is 69.0 Å². The third-order valence-electron chi connectivity index (χ3n) is 21.6. The number of Topliss-reactive ketones (excluding diaryl/α,β-unsaturated/α-hetero) is 1. The lowest BCUT2D eigenvalue weighted by atomic mass is 9.79. The number of nitrogens with two attached hydrogens (primary N) is 1. The summed E-state index contributed by atoms with van der Waals surface area (Å²) >= 11 is 2.94. The Bertz CT molecular complexity index is 4270. The van der Waals surface area contributed by atoms with E-state index in [4.69, 9.17) is 25.0 Å². The maximum absolute atomic E-state index is 12.5. The Morgan fingerprint density at radius 3 is 1.14 bits per heavy atom. The number of allylic oxidation sites excluding steroid dienone is 1. The quantitative estimate of drug-likeness (QED) is 0.0107. The number of halogens is 1. The van der Waals surface area contributed by atoms with Crippen molar-refractivity contribution in [1.29, 1.82) is 0 Å². The van der Waals surface area contributed by atoms with E-state index in [0.717, 1.165) is 101 Å². The van der Waals surface area contributed by atoms with Crippen molar-refractivity contribution in [3.05, 3.63) is 249 Å². The fraction of sp³-hybridized carbons (Fsp3) is 0.475. The molecular weight excluding hydrogens is 1640 g/mol. The Kier molecular flexibility index (Phi) is 52.6. The highest BCUT2D eigenvalue weighted by molar-refractivity contribution is 9.08. The number of hydrogen-bond acceptors (Lipinski definition) is 15. The van der Waals surface area contributed by atoms with Gasteiger partial charge in [-0.1, -0.05) is 215 Å². The average molecular weight is 1780 g/mol. The molecule has 6 N–H and O–H groups in total. The Morgan fingerprint density at radius 2 is 0.808 bits per heavy atom. The van der Waals surface area contributed by atoms with Crippen LogP contribution in [0.15, 0.2) is 188 Å². The zero-order valence-corrected chi connectivity index (χ0v) is 77.1. The lowest BCUT2D eigenvalue weighted by Gasteiger charge is -2.32. The molecule has 680 valence electrons. The van der Waals surface area contributed by atoms with Crippen LogP contribution in [0.5, 0.6) is 0 Å². The first-order valence-corrected chi connectivity index (χ1v) is 45.3. The summed E-state index contributed by atoms with van der Waals surface area (Å²) < 4.78 is 11.1. The monoisotopic (exact) mass is 1780 g/mol. The highest BCUT2D eigenvalue weighted by Gasteiger charge is 2.49. The first kappa shape index (κ1) is 109. The number of hydrogen-bond donors (Lipinski definition) is 5. The number of hydroxylamine groups is 2. The van der Waals surface area contributed by atoms with Crippen LogP contribution in [0.25, 0.3) is 0 Å². The molecule has 22 nitrogen and oxygen atoms in total. The third-order valence-corrected chi connectivity index (χ3v) is 21.6. The molecule has 6 aromatic rings. The zero-order chi connectivity index (χ0) is 91.4. The summed E-state index contributed by atoms with van der Waals surface area (Å²) in [5.74, 6) is 0.299. The van der Waals surface area contributed by atoms with E-state index >= 15 is 0 Å². The number of nitrogens with zero attached hydrogens (tertiary/aromatic N) is 3. The van der Waals surface area contributed by atoms with Crippen LogP contribution < -0.4 is 21.7 Å². The van der Waals surface area contributed by atoms with Gasteiger partial charge in [0.15, 0.2) is 0 Å². The van der Waals surface area contributed by atoms with Crippen LogP contribution in [0.1, 0.15) is 225 Å². The van der Waals surface area contributed by atoms with E-state index in [-0.39, 0.29) is 92.8 Å². The fourth-order valence-corrected chi connectivity index (χ4v) is 13.6. The van der Waals surface area contributed by atoms with Gasteiger partial charge in [0, 0.05) is 120 Å². The number of carboxylic acid groups (broad SMARTS) is 1. The molecule has 4 heterocycles.